The molecule has 0 fully saturated rings. The number of carbonyl (C=O) groups is 2. The lowest BCUT2D eigenvalue weighted by Gasteiger charge is -2.10. The Morgan fingerprint density at radius 2 is 1.73 bits per heavy atom. The van der Waals surface area contributed by atoms with Crippen LogP contribution in [0, 0.1) is 0 Å². The van der Waals surface area contributed by atoms with Crippen molar-refractivity contribution in [2.24, 2.45) is 0 Å². The Morgan fingerprint density at radius 3 is 2.36 bits per heavy atom. The summed E-state index contributed by atoms with van der Waals surface area (Å²) in [5, 5.41) is 2.80. The van der Waals surface area contributed by atoms with Gasteiger partial charge < -0.3 is 14.8 Å². The van der Waals surface area contributed by atoms with Crippen LogP contribution in [0.5, 0.6) is 11.5 Å². The number of benzene rings is 2. The van der Waals surface area contributed by atoms with E-state index in [4.69, 9.17) is 9.47 Å². The van der Waals surface area contributed by atoms with Crippen LogP contribution in [0.3, 0.4) is 0 Å². The minimum atomic E-state index is -0.463. The van der Waals surface area contributed by atoms with Gasteiger partial charge in [-0.05, 0) is 29.8 Å². The summed E-state index contributed by atoms with van der Waals surface area (Å²) in [6.07, 6.45) is 0. The Balaban J connectivity index is 2.04. The second kappa shape index (κ2) is 7.26. The SMILES string of the molecule is COc1ccc(CNC(=O)c2ccccc2OC(C)=O)cc1. The van der Waals surface area contributed by atoms with E-state index >= 15 is 0 Å². The number of carbonyl (C=O) groups excluding carboxylic acids is 2. The Morgan fingerprint density at radius 1 is 1.05 bits per heavy atom. The van der Waals surface area contributed by atoms with Gasteiger partial charge in [-0.2, -0.15) is 0 Å². The van der Waals surface area contributed by atoms with Crippen LogP contribution in [-0.2, 0) is 11.3 Å². The quantitative estimate of drug-likeness (QED) is 0.680. The number of nitrogens with one attached hydrogen (secondary N) is 1. The van der Waals surface area contributed by atoms with Gasteiger partial charge in [0.2, 0.25) is 0 Å². The second-order valence-corrected chi connectivity index (χ2v) is 4.62. The van der Waals surface area contributed by atoms with Gasteiger partial charge in [0, 0.05) is 13.5 Å². The molecule has 5 heteroatoms. The van der Waals surface area contributed by atoms with E-state index in [0.29, 0.717) is 12.1 Å². The normalized spacial score (nSPS) is 9.91. The van der Waals surface area contributed by atoms with E-state index in [0.717, 1.165) is 11.3 Å². The predicted octanol–water partition coefficient (Wildman–Crippen LogP) is 2.55. The van der Waals surface area contributed by atoms with Gasteiger partial charge in [-0.3, -0.25) is 9.59 Å². The number of amides is 1. The van der Waals surface area contributed by atoms with Crippen LogP contribution in [-0.4, -0.2) is 19.0 Å². The Kier molecular flexibility index (Phi) is 5.14. The van der Waals surface area contributed by atoms with Crippen molar-refractivity contribution in [3.8, 4) is 11.5 Å². The van der Waals surface area contributed by atoms with Gasteiger partial charge in [0.25, 0.3) is 5.91 Å². The number of methoxy groups -OCH3 is 1. The maximum Gasteiger partial charge on any atom is 0.308 e. The van der Waals surface area contributed by atoms with Gasteiger partial charge in [0.05, 0.1) is 12.7 Å². The molecule has 2 aromatic carbocycles. The van der Waals surface area contributed by atoms with Crippen LogP contribution in [0.15, 0.2) is 48.5 Å². The molecule has 22 heavy (non-hydrogen) atoms. The molecule has 0 spiro atoms. The van der Waals surface area contributed by atoms with E-state index in [1.54, 1.807) is 31.4 Å². The van der Waals surface area contributed by atoms with Crippen molar-refractivity contribution >= 4 is 11.9 Å². The maximum atomic E-state index is 12.2. The molecule has 0 heterocycles. The molecule has 0 atom stereocenters. The fraction of sp³-hybridized carbons (Fsp3) is 0.176. The van der Waals surface area contributed by atoms with Crippen molar-refractivity contribution in [2.75, 3.05) is 7.11 Å². The lowest BCUT2D eigenvalue weighted by Crippen LogP contribution is -2.23. The first-order chi connectivity index (χ1) is 10.6. The zero-order valence-corrected chi connectivity index (χ0v) is 12.5. The molecule has 2 aromatic rings. The van der Waals surface area contributed by atoms with Gasteiger partial charge in [-0.25, -0.2) is 0 Å². The number of esters is 1. The first-order valence-electron chi connectivity index (χ1n) is 6.78. The van der Waals surface area contributed by atoms with E-state index in [9.17, 15) is 9.59 Å². The molecule has 114 valence electrons. The third-order valence-electron chi connectivity index (χ3n) is 3.00. The Bertz CT molecular complexity index is 665. The summed E-state index contributed by atoms with van der Waals surface area (Å²) in [4.78, 5) is 23.3. The van der Waals surface area contributed by atoms with Gasteiger partial charge in [-0.1, -0.05) is 24.3 Å². The number of para-hydroxylation sites is 1. The first kappa shape index (κ1) is 15.6. The molecule has 0 aliphatic carbocycles. The molecule has 1 amide bonds. The zero-order chi connectivity index (χ0) is 15.9. The van der Waals surface area contributed by atoms with Crippen molar-refractivity contribution in [1.29, 1.82) is 0 Å². The van der Waals surface area contributed by atoms with Crippen molar-refractivity contribution in [1.82, 2.24) is 5.32 Å². The van der Waals surface area contributed by atoms with Crippen molar-refractivity contribution in [3.05, 3.63) is 59.7 Å². The number of hydrogen-bond acceptors (Lipinski definition) is 4. The molecule has 0 saturated heterocycles. The molecule has 0 bridgehead atoms. The molecular formula is C17H17NO4. The number of hydrogen-bond donors (Lipinski definition) is 1. The fourth-order valence-electron chi connectivity index (χ4n) is 1.92. The van der Waals surface area contributed by atoms with Gasteiger partial charge in [0.15, 0.2) is 0 Å². The molecule has 0 aliphatic rings. The monoisotopic (exact) mass is 299 g/mol. The molecule has 0 aromatic heterocycles. The summed E-state index contributed by atoms with van der Waals surface area (Å²) < 4.78 is 10.1. The van der Waals surface area contributed by atoms with Crippen LogP contribution in [0.25, 0.3) is 0 Å². The molecule has 0 aliphatic heterocycles. The van der Waals surface area contributed by atoms with Crippen molar-refractivity contribution in [3.63, 3.8) is 0 Å². The fourth-order valence-corrected chi connectivity index (χ4v) is 1.92. The molecule has 1 N–H and O–H groups in total. The average molecular weight is 299 g/mol. The topological polar surface area (TPSA) is 64.6 Å². The van der Waals surface area contributed by atoms with E-state index in [2.05, 4.69) is 5.32 Å². The number of ether oxygens (including phenoxy) is 2. The van der Waals surface area contributed by atoms with Crippen LogP contribution >= 0.6 is 0 Å². The molecule has 0 radical (unpaired) electrons. The largest absolute Gasteiger partial charge is 0.497 e. The molecule has 5 nitrogen and oxygen atoms in total. The summed E-state index contributed by atoms with van der Waals surface area (Å²) in [6.45, 7) is 1.67. The van der Waals surface area contributed by atoms with Crippen LogP contribution in [0.1, 0.15) is 22.8 Å². The van der Waals surface area contributed by atoms with E-state index in [1.807, 2.05) is 24.3 Å². The van der Waals surface area contributed by atoms with Gasteiger partial charge in [0.1, 0.15) is 11.5 Å². The molecule has 2 rings (SSSR count). The highest BCUT2D eigenvalue weighted by atomic mass is 16.5. The summed E-state index contributed by atoms with van der Waals surface area (Å²) in [7, 11) is 1.60. The van der Waals surface area contributed by atoms with Crippen molar-refractivity contribution in [2.45, 2.75) is 13.5 Å². The maximum absolute atomic E-state index is 12.2. The highest BCUT2D eigenvalue weighted by Crippen LogP contribution is 2.18. The molecule has 0 unspecified atom stereocenters. The highest BCUT2D eigenvalue weighted by molar-refractivity contribution is 5.97. The zero-order valence-electron chi connectivity index (χ0n) is 12.5. The lowest BCUT2D eigenvalue weighted by atomic mass is 10.1. The van der Waals surface area contributed by atoms with Gasteiger partial charge >= 0.3 is 5.97 Å². The second-order valence-electron chi connectivity index (χ2n) is 4.62. The summed E-state index contributed by atoms with van der Waals surface area (Å²) in [5.74, 6) is 0.251. The van der Waals surface area contributed by atoms with Crippen LogP contribution < -0.4 is 14.8 Å². The summed E-state index contributed by atoms with van der Waals surface area (Å²) >= 11 is 0. The predicted molar refractivity (Wildman–Crippen MR) is 81.9 cm³/mol. The summed E-state index contributed by atoms with van der Waals surface area (Å²) in [5.41, 5.74) is 1.27. The third kappa shape index (κ3) is 4.09. The smallest absolute Gasteiger partial charge is 0.308 e. The molecular weight excluding hydrogens is 282 g/mol. The summed E-state index contributed by atoms with van der Waals surface area (Å²) in [6, 6.07) is 14.0. The van der Waals surface area contributed by atoms with E-state index in [1.165, 1.54) is 6.92 Å². The highest BCUT2D eigenvalue weighted by Gasteiger charge is 2.13. The van der Waals surface area contributed by atoms with Crippen LogP contribution in [0.2, 0.25) is 0 Å². The number of rotatable bonds is 5. The first-order valence-corrected chi connectivity index (χ1v) is 6.78. The minimum absolute atomic E-state index is 0.252. The Labute approximate surface area is 128 Å². The standard InChI is InChI=1S/C17H17NO4/c1-12(19)22-16-6-4-3-5-15(16)17(20)18-11-13-7-9-14(21-2)10-8-13/h3-10H,11H2,1-2H3,(H,18,20). The minimum Gasteiger partial charge on any atom is -0.497 e. The molecule has 0 saturated carbocycles. The van der Waals surface area contributed by atoms with Gasteiger partial charge in [-0.15, -0.1) is 0 Å². The average Bonchev–Trinajstić information content (AvgIpc) is 2.53. The van der Waals surface area contributed by atoms with Crippen LogP contribution in [0.4, 0.5) is 0 Å². The lowest BCUT2D eigenvalue weighted by molar-refractivity contribution is -0.131. The Hall–Kier alpha value is -2.82. The van der Waals surface area contributed by atoms with E-state index < -0.39 is 5.97 Å². The van der Waals surface area contributed by atoms with Crippen molar-refractivity contribution < 1.29 is 19.1 Å². The third-order valence-corrected chi connectivity index (χ3v) is 3.00. The van der Waals surface area contributed by atoms with E-state index in [-0.39, 0.29) is 11.7 Å².